The van der Waals surface area contributed by atoms with Gasteiger partial charge in [0, 0.05) is 47.2 Å². The standard InChI is InChI=1S/C26H32N2/c1-4-5-6-7-11-16-27-17-14-22-23-15-18-28(21-12-9-8-10-13-21)20-25(23)26(2,3)24(22)19-27/h8-10,12-15,17-20H,4-7,11,16H2,1-3H3/q+2. The molecule has 144 valence electrons. The number of nitrogens with zero attached hydrogens (tertiary/aromatic N) is 2. The number of aromatic nitrogens is 2. The molecule has 2 heterocycles. The minimum Gasteiger partial charge on any atom is -0.205 e. The van der Waals surface area contributed by atoms with Crippen molar-refractivity contribution in [3.63, 3.8) is 0 Å². The Morgan fingerprint density at radius 2 is 1.43 bits per heavy atom. The first kappa shape index (κ1) is 18.9. The van der Waals surface area contributed by atoms with Gasteiger partial charge < -0.3 is 0 Å². The van der Waals surface area contributed by atoms with Crippen LogP contribution in [0.4, 0.5) is 0 Å². The summed E-state index contributed by atoms with van der Waals surface area (Å²) in [7, 11) is 0. The van der Waals surface area contributed by atoms with E-state index in [1.54, 1.807) is 0 Å². The molecule has 0 saturated heterocycles. The zero-order valence-electron chi connectivity index (χ0n) is 17.5. The van der Waals surface area contributed by atoms with Gasteiger partial charge in [-0.15, -0.1) is 0 Å². The van der Waals surface area contributed by atoms with E-state index in [0.717, 1.165) is 6.54 Å². The highest BCUT2D eigenvalue weighted by molar-refractivity contribution is 5.78. The Kier molecular flexibility index (Phi) is 5.30. The maximum absolute atomic E-state index is 2.39. The average molecular weight is 373 g/mol. The molecule has 0 aliphatic heterocycles. The number of hydrogen-bond acceptors (Lipinski definition) is 0. The van der Waals surface area contributed by atoms with Gasteiger partial charge in [0.1, 0.15) is 6.54 Å². The summed E-state index contributed by atoms with van der Waals surface area (Å²) in [4.78, 5) is 0. The molecule has 3 aromatic rings. The second kappa shape index (κ2) is 7.87. The van der Waals surface area contributed by atoms with Crippen LogP contribution in [0.1, 0.15) is 64.0 Å². The predicted octanol–water partition coefficient (Wildman–Crippen LogP) is 5.53. The molecular weight excluding hydrogens is 340 g/mol. The Labute approximate surface area is 169 Å². The van der Waals surface area contributed by atoms with Crippen molar-refractivity contribution in [2.45, 2.75) is 64.8 Å². The summed E-state index contributed by atoms with van der Waals surface area (Å²) in [6.07, 6.45) is 15.8. The lowest BCUT2D eigenvalue weighted by molar-refractivity contribution is -0.697. The molecule has 1 aromatic carbocycles. The average Bonchev–Trinajstić information content (AvgIpc) is 2.95. The first-order valence-electron chi connectivity index (χ1n) is 10.8. The molecular formula is C26H32N2+2. The van der Waals surface area contributed by atoms with Crippen molar-refractivity contribution in [3.05, 3.63) is 78.4 Å². The number of rotatable bonds is 7. The number of fused-ring (bicyclic) bond motifs is 3. The number of pyridine rings is 2. The molecule has 2 aromatic heterocycles. The van der Waals surface area contributed by atoms with E-state index >= 15 is 0 Å². The predicted molar refractivity (Wildman–Crippen MR) is 114 cm³/mol. The molecule has 0 atom stereocenters. The SMILES string of the molecule is CCCCCCC[n+]1ccc2c(c1)C(C)(C)c1c[n+](-c3ccccc3)ccc1-2. The van der Waals surface area contributed by atoms with Crippen LogP contribution in [0.2, 0.25) is 0 Å². The van der Waals surface area contributed by atoms with Crippen molar-refractivity contribution in [1.29, 1.82) is 0 Å². The van der Waals surface area contributed by atoms with E-state index in [1.165, 1.54) is 60.0 Å². The molecule has 4 rings (SSSR count). The summed E-state index contributed by atoms with van der Waals surface area (Å²) in [6.45, 7) is 8.11. The van der Waals surface area contributed by atoms with E-state index < -0.39 is 0 Å². The molecule has 0 unspecified atom stereocenters. The summed E-state index contributed by atoms with van der Waals surface area (Å²) in [5, 5.41) is 0. The second-order valence-corrected chi connectivity index (χ2v) is 8.56. The lowest BCUT2D eigenvalue weighted by Crippen LogP contribution is -2.35. The van der Waals surface area contributed by atoms with Gasteiger partial charge in [0.2, 0.25) is 5.69 Å². The monoisotopic (exact) mass is 372 g/mol. The third kappa shape index (κ3) is 3.48. The molecule has 28 heavy (non-hydrogen) atoms. The first-order chi connectivity index (χ1) is 13.6. The van der Waals surface area contributed by atoms with Crippen LogP contribution in [0.25, 0.3) is 16.8 Å². The summed E-state index contributed by atoms with van der Waals surface area (Å²) >= 11 is 0. The van der Waals surface area contributed by atoms with Crippen LogP contribution in [-0.2, 0) is 12.0 Å². The summed E-state index contributed by atoms with van der Waals surface area (Å²) in [5.41, 5.74) is 6.86. The Balaban J connectivity index is 1.61. The molecule has 0 fully saturated rings. The van der Waals surface area contributed by atoms with Crippen molar-refractivity contribution in [2.75, 3.05) is 0 Å². The van der Waals surface area contributed by atoms with Gasteiger partial charge in [-0.3, -0.25) is 0 Å². The highest BCUT2D eigenvalue weighted by atomic mass is 14.9. The number of para-hydroxylation sites is 1. The first-order valence-corrected chi connectivity index (χ1v) is 10.8. The molecule has 1 aliphatic carbocycles. The molecule has 2 heteroatoms. The molecule has 0 saturated carbocycles. The van der Waals surface area contributed by atoms with Crippen LogP contribution in [0.3, 0.4) is 0 Å². The minimum absolute atomic E-state index is 0.0215. The highest BCUT2D eigenvalue weighted by Crippen LogP contribution is 2.47. The number of hydrogen-bond donors (Lipinski definition) is 0. The Morgan fingerprint density at radius 1 is 0.750 bits per heavy atom. The van der Waals surface area contributed by atoms with E-state index in [-0.39, 0.29) is 5.41 Å². The van der Waals surface area contributed by atoms with Crippen LogP contribution in [0, 0.1) is 0 Å². The van der Waals surface area contributed by atoms with Gasteiger partial charge in [0.05, 0.1) is 0 Å². The summed E-state index contributed by atoms with van der Waals surface area (Å²) in [6, 6.07) is 15.2. The fourth-order valence-electron chi connectivity index (χ4n) is 4.44. The van der Waals surface area contributed by atoms with Crippen molar-refractivity contribution in [1.82, 2.24) is 0 Å². The van der Waals surface area contributed by atoms with E-state index in [0.29, 0.717) is 0 Å². The summed E-state index contributed by atoms with van der Waals surface area (Å²) < 4.78 is 4.64. The van der Waals surface area contributed by atoms with Gasteiger partial charge in [-0.1, -0.05) is 58.2 Å². The molecule has 0 bridgehead atoms. The summed E-state index contributed by atoms with van der Waals surface area (Å²) in [5.74, 6) is 0. The Bertz CT molecular complexity index is 957. The van der Waals surface area contributed by atoms with E-state index in [9.17, 15) is 0 Å². The van der Waals surface area contributed by atoms with Crippen molar-refractivity contribution >= 4 is 0 Å². The van der Waals surface area contributed by atoms with Gasteiger partial charge in [-0.05, 0) is 17.5 Å². The smallest absolute Gasteiger partial charge is 0.205 e. The van der Waals surface area contributed by atoms with E-state index in [4.69, 9.17) is 0 Å². The molecule has 0 radical (unpaired) electrons. The number of benzene rings is 1. The number of aryl methyl sites for hydroxylation is 1. The zero-order valence-corrected chi connectivity index (χ0v) is 17.5. The normalized spacial score (nSPS) is 14.0. The van der Waals surface area contributed by atoms with Crippen molar-refractivity contribution in [3.8, 4) is 16.8 Å². The molecule has 0 spiro atoms. The zero-order chi connectivity index (χ0) is 19.6. The Hall–Kier alpha value is -2.48. The van der Waals surface area contributed by atoms with Crippen LogP contribution in [0.5, 0.6) is 0 Å². The van der Waals surface area contributed by atoms with Crippen molar-refractivity contribution < 1.29 is 9.13 Å². The lowest BCUT2D eigenvalue weighted by atomic mass is 9.84. The number of unbranched alkanes of at least 4 members (excludes halogenated alkanes) is 4. The lowest BCUT2D eigenvalue weighted by Gasteiger charge is -2.18. The molecule has 2 nitrogen and oxygen atoms in total. The molecule has 1 aliphatic rings. The van der Waals surface area contributed by atoms with Gasteiger partial charge in [0.25, 0.3) is 0 Å². The van der Waals surface area contributed by atoms with Gasteiger partial charge in [0.15, 0.2) is 24.8 Å². The van der Waals surface area contributed by atoms with Crippen LogP contribution < -0.4 is 9.13 Å². The van der Waals surface area contributed by atoms with Gasteiger partial charge >= 0.3 is 0 Å². The quantitative estimate of drug-likeness (QED) is 0.381. The Morgan fingerprint density at radius 3 is 2.18 bits per heavy atom. The fourth-order valence-corrected chi connectivity index (χ4v) is 4.44. The van der Waals surface area contributed by atoms with Crippen LogP contribution >= 0.6 is 0 Å². The highest BCUT2D eigenvalue weighted by Gasteiger charge is 2.40. The third-order valence-electron chi connectivity index (χ3n) is 6.19. The van der Waals surface area contributed by atoms with Gasteiger partial charge in [-0.2, -0.15) is 4.57 Å². The second-order valence-electron chi connectivity index (χ2n) is 8.56. The van der Waals surface area contributed by atoms with Gasteiger partial charge in [-0.25, -0.2) is 4.57 Å². The fraction of sp³-hybridized carbons (Fsp3) is 0.385. The largest absolute Gasteiger partial charge is 0.210 e. The van der Waals surface area contributed by atoms with Crippen LogP contribution in [-0.4, -0.2) is 0 Å². The van der Waals surface area contributed by atoms with Crippen LogP contribution in [0.15, 0.2) is 67.3 Å². The molecule has 0 N–H and O–H groups in total. The van der Waals surface area contributed by atoms with E-state index in [1.807, 2.05) is 0 Å². The van der Waals surface area contributed by atoms with E-state index in [2.05, 4.69) is 97.2 Å². The van der Waals surface area contributed by atoms with Crippen molar-refractivity contribution in [2.24, 2.45) is 0 Å². The maximum Gasteiger partial charge on any atom is 0.210 e. The maximum atomic E-state index is 2.39. The third-order valence-corrected chi connectivity index (χ3v) is 6.19. The topological polar surface area (TPSA) is 7.76 Å². The molecule has 0 amide bonds. The minimum atomic E-state index is 0.0215.